The van der Waals surface area contributed by atoms with Crippen LogP contribution in [0.2, 0.25) is 0 Å². The Kier molecular flexibility index (Phi) is 7.17. The number of aromatic hydroxyl groups is 2. The van der Waals surface area contributed by atoms with Gasteiger partial charge in [0.25, 0.3) is 5.91 Å². The highest BCUT2D eigenvalue weighted by molar-refractivity contribution is 7.15. The molecule has 0 saturated carbocycles. The number of phenols is 2. The zero-order chi connectivity index (χ0) is 22.7. The number of benzene rings is 1. The number of rotatable bonds is 7. The summed E-state index contributed by atoms with van der Waals surface area (Å²) < 4.78 is 0. The lowest BCUT2D eigenvalue weighted by atomic mass is 9.96. The number of carbonyl (C=O) groups excluding carboxylic acids is 1. The Bertz CT molecular complexity index is 942. The molecule has 1 unspecified atom stereocenters. The molecule has 1 aromatic heterocycles. The van der Waals surface area contributed by atoms with Gasteiger partial charge in [0.1, 0.15) is 0 Å². The molecule has 2 aromatic rings. The first kappa shape index (κ1) is 22.8. The van der Waals surface area contributed by atoms with Crippen molar-refractivity contribution in [1.82, 2.24) is 19.7 Å². The average Bonchev–Trinajstić information content (AvgIpc) is 3.17. The van der Waals surface area contributed by atoms with Gasteiger partial charge in [-0.25, -0.2) is 4.98 Å². The highest BCUT2D eigenvalue weighted by Gasteiger charge is 2.28. The number of thiazole rings is 1. The van der Waals surface area contributed by atoms with Gasteiger partial charge in [0.05, 0.1) is 11.3 Å². The van der Waals surface area contributed by atoms with Crippen LogP contribution in [0, 0.1) is 0 Å². The number of hydrogen-bond acceptors (Lipinski definition) is 8. The summed E-state index contributed by atoms with van der Waals surface area (Å²) >= 11 is 1.64. The molecule has 0 spiro atoms. The van der Waals surface area contributed by atoms with Crippen LogP contribution in [-0.2, 0) is 12.8 Å². The van der Waals surface area contributed by atoms with Crippen molar-refractivity contribution >= 4 is 22.4 Å². The van der Waals surface area contributed by atoms with Gasteiger partial charge >= 0.3 is 0 Å². The first-order chi connectivity index (χ1) is 15.5. The van der Waals surface area contributed by atoms with E-state index in [2.05, 4.69) is 21.7 Å². The molecule has 32 heavy (non-hydrogen) atoms. The second-order valence-electron chi connectivity index (χ2n) is 8.66. The fraction of sp³-hybridized carbons (Fsp3) is 0.565. The minimum Gasteiger partial charge on any atom is -0.504 e. The Morgan fingerprint density at radius 1 is 1.25 bits per heavy atom. The second-order valence-corrected chi connectivity index (χ2v) is 9.78. The number of aryl methyl sites for hydroxylation is 1. The summed E-state index contributed by atoms with van der Waals surface area (Å²) in [6.45, 7) is 8.17. The smallest absolute Gasteiger partial charge is 0.257 e. The van der Waals surface area contributed by atoms with E-state index in [0.717, 1.165) is 58.4 Å². The molecule has 4 rings (SSSR count). The molecule has 2 aliphatic rings. The predicted octanol–water partition coefficient (Wildman–Crippen LogP) is 2.16. The van der Waals surface area contributed by atoms with E-state index >= 15 is 0 Å². The number of anilines is 1. The number of para-hydroxylation sites is 1. The number of carbonyl (C=O) groups is 1. The van der Waals surface area contributed by atoms with E-state index in [0.29, 0.717) is 24.3 Å². The standard InChI is InChI=1S/C23H33N5O3S/c1-2-8-27(16-6-7-18-20(15-16)32-23(24)25-18)12-9-26-10-13-28(14-11-26)22(31)17-4-3-5-19(29)21(17)30/h3-5,16,29-30H,2,6-15H2,1H3,(H2,24,25). The summed E-state index contributed by atoms with van der Waals surface area (Å²) in [6.07, 6.45) is 4.31. The molecule has 8 nitrogen and oxygen atoms in total. The molecule has 1 amide bonds. The Labute approximate surface area is 193 Å². The maximum absolute atomic E-state index is 12.8. The van der Waals surface area contributed by atoms with Crippen LogP contribution < -0.4 is 5.73 Å². The Balaban J connectivity index is 1.28. The highest BCUT2D eigenvalue weighted by Crippen LogP contribution is 2.31. The molecule has 1 fully saturated rings. The van der Waals surface area contributed by atoms with Gasteiger partial charge in [0.2, 0.25) is 0 Å². The topological polar surface area (TPSA) is 106 Å². The van der Waals surface area contributed by atoms with Crippen LogP contribution in [0.3, 0.4) is 0 Å². The number of phenolic OH excluding ortho intramolecular Hbond substituents is 2. The predicted molar refractivity (Wildman–Crippen MR) is 126 cm³/mol. The average molecular weight is 460 g/mol. The van der Waals surface area contributed by atoms with Crippen LogP contribution in [0.15, 0.2) is 18.2 Å². The fourth-order valence-electron chi connectivity index (χ4n) is 4.77. The summed E-state index contributed by atoms with van der Waals surface area (Å²) in [5, 5.41) is 20.4. The molecule has 1 aliphatic heterocycles. The van der Waals surface area contributed by atoms with Gasteiger partial charge in [-0.15, -0.1) is 11.3 Å². The third-order valence-electron chi connectivity index (χ3n) is 6.57. The van der Waals surface area contributed by atoms with Gasteiger partial charge in [-0.1, -0.05) is 13.0 Å². The maximum Gasteiger partial charge on any atom is 0.257 e. The second kappa shape index (κ2) is 10.1. The maximum atomic E-state index is 12.8. The lowest BCUT2D eigenvalue weighted by Crippen LogP contribution is -2.51. The van der Waals surface area contributed by atoms with Crippen LogP contribution in [0.5, 0.6) is 11.5 Å². The van der Waals surface area contributed by atoms with Crippen molar-refractivity contribution in [3.8, 4) is 11.5 Å². The molecule has 4 N–H and O–H groups in total. The highest BCUT2D eigenvalue weighted by atomic mass is 32.1. The molecule has 0 radical (unpaired) electrons. The molecule has 9 heteroatoms. The number of piperazine rings is 1. The lowest BCUT2D eigenvalue weighted by Gasteiger charge is -2.38. The van der Waals surface area contributed by atoms with Crippen molar-refractivity contribution in [3.05, 3.63) is 34.3 Å². The lowest BCUT2D eigenvalue weighted by molar-refractivity contribution is 0.0606. The van der Waals surface area contributed by atoms with E-state index in [4.69, 9.17) is 5.73 Å². The van der Waals surface area contributed by atoms with Gasteiger partial charge in [-0.3, -0.25) is 14.6 Å². The summed E-state index contributed by atoms with van der Waals surface area (Å²) in [4.78, 5) is 25.4. The van der Waals surface area contributed by atoms with Crippen molar-refractivity contribution in [1.29, 1.82) is 0 Å². The summed E-state index contributed by atoms with van der Waals surface area (Å²) in [5.41, 5.74) is 7.27. The van der Waals surface area contributed by atoms with E-state index < -0.39 is 0 Å². The number of nitrogens with zero attached hydrogens (tertiary/aromatic N) is 4. The van der Waals surface area contributed by atoms with E-state index in [-0.39, 0.29) is 23.0 Å². The number of aromatic nitrogens is 1. The van der Waals surface area contributed by atoms with E-state index in [1.165, 1.54) is 16.6 Å². The van der Waals surface area contributed by atoms with Crippen LogP contribution in [0.1, 0.15) is 40.7 Å². The molecular formula is C23H33N5O3S. The summed E-state index contributed by atoms with van der Waals surface area (Å²) in [5.74, 6) is -0.831. The molecule has 1 atom stereocenters. The Morgan fingerprint density at radius 2 is 2.03 bits per heavy atom. The molecule has 1 aromatic carbocycles. The monoisotopic (exact) mass is 459 g/mol. The zero-order valence-electron chi connectivity index (χ0n) is 18.7. The number of fused-ring (bicyclic) bond motifs is 1. The van der Waals surface area contributed by atoms with E-state index in [9.17, 15) is 15.0 Å². The number of nitrogens with two attached hydrogens (primary N) is 1. The SMILES string of the molecule is CCCN(CCN1CCN(C(=O)c2cccc(O)c2O)CC1)C1CCc2nc(N)sc2C1. The normalized spacial score (nSPS) is 19.3. The van der Waals surface area contributed by atoms with Gasteiger partial charge < -0.3 is 20.8 Å². The van der Waals surface area contributed by atoms with E-state index in [1.807, 2.05) is 0 Å². The fourth-order valence-corrected chi connectivity index (χ4v) is 5.72. The third kappa shape index (κ3) is 5.00. The summed E-state index contributed by atoms with van der Waals surface area (Å²) in [6, 6.07) is 5.05. The Morgan fingerprint density at radius 3 is 2.78 bits per heavy atom. The molecule has 174 valence electrons. The molecular weight excluding hydrogens is 426 g/mol. The first-order valence-corrected chi connectivity index (χ1v) is 12.3. The van der Waals surface area contributed by atoms with Gasteiger partial charge in [0.15, 0.2) is 16.6 Å². The third-order valence-corrected chi connectivity index (χ3v) is 7.51. The quantitative estimate of drug-likeness (QED) is 0.545. The van der Waals surface area contributed by atoms with Crippen LogP contribution in [0.25, 0.3) is 0 Å². The molecule has 1 saturated heterocycles. The summed E-state index contributed by atoms with van der Waals surface area (Å²) in [7, 11) is 0. The van der Waals surface area contributed by atoms with Crippen molar-refractivity contribution in [2.45, 2.75) is 38.6 Å². The largest absolute Gasteiger partial charge is 0.504 e. The van der Waals surface area contributed by atoms with Gasteiger partial charge in [-0.2, -0.15) is 0 Å². The molecule has 2 heterocycles. The zero-order valence-corrected chi connectivity index (χ0v) is 19.5. The first-order valence-electron chi connectivity index (χ1n) is 11.5. The molecule has 1 aliphatic carbocycles. The van der Waals surface area contributed by atoms with Crippen molar-refractivity contribution in [2.24, 2.45) is 0 Å². The number of hydrogen-bond donors (Lipinski definition) is 3. The minimum absolute atomic E-state index is 0.160. The van der Waals surface area contributed by atoms with Crippen molar-refractivity contribution in [3.63, 3.8) is 0 Å². The van der Waals surface area contributed by atoms with Crippen LogP contribution in [0.4, 0.5) is 5.13 Å². The molecule has 0 bridgehead atoms. The number of nitrogen functional groups attached to an aromatic ring is 1. The van der Waals surface area contributed by atoms with Gasteiger partial charge in [-0.05, 0) is 44.4 Å². The van der Waals surface area contributed by atoms with Gasteiger partial charge in [0, 0.05) is 50.2 Å². The van der Waals surface area contributed by atoms with Crippen molar-refractivity contribution in [2.75, 3.05) is 51.5 Å². The number of amides is 1. The van der Waals surface area contributed by atoms with Crippen LogP contribution in [-0.4, -0.2) is 87.7 Å². The van der Waals surface area contributed by atoms with E-state index in [1.54, 1.807) is 28.4 Å². The van der Waals surface area contributed by atoms with Crippen molar-refractivity contribution < 1.29 is 15.0 Å². The Hall–Kier alpha value is -2.36. The minimum atomic E-state index is -0.339. The van der Waals surface area contributed by atoms with Crippen LogP contribution >= 0.6 is 11.3 Å².